The zero-order chi connectivity index (χ0) is 26.7. The molecule has 1 heteroatoms. The molecule has 0 N–H and O–H groups in total. The first-order valence-electron chi connectivity index (χ1n) is 14.2. The monoisotopic (exact) mass is 518 g/mol. The van der Waals surface area contributed by atoms with Gasteiger partial charge >= 0.3 is 0 Å². The molecule has 0 heterocycles. The molecule has 0 aliphatic carbocycles. The summed E-state index contributed by atoms with van der Waals surface area (Å²) in [5.41, 5.74) is 0. The van der Waals surface area contributed by atoms with Crippen LogP contribution in [-0.2, 0) is 0 Å². The van der Waals surface area contributed by atoms with E-state index in [0.29, 0.717) is 0 Å². The van der Waals surface area contributed by atoms with E-state index in [1.54, 1.807) is 0 Å². The van der Waals surface area contributed by atoms with Crippen molar-refractivity contribution in [3.8, 4) is 11.5 Å². The molecular weight excluding hydrogens is 496 g/mol. The molecule has 0 bridgehead atoms. The fourth-order valence-corrected chi connectivity index (χ4v) is 7.53. The molecule has 188 valence electrons. The van der Waals surface area contributed by atoms with Gasteiger partial charge < -0.3 is 4.74 Å². The van der Waals surface area contributed by atoms with Gasteiger partial charge in [0, 0.05) is 21.5 Å². The molecule has 0 amide bonds. The highest BCUT2D eigenvalue weighted by atomic mass is 16.5. The molecular formula is C40H22O. The van der Waals surface area contributed by atoms with Gasteiger partial charge in [-0.2, -0.15) is 0 Å². The number of hydrogen-bond acceptors (Lipinski definition) is 1. The summed E-state index contributed by atoms with van der Waals surface area (Å²) in [7, 11) is 0. The van der Waals surface area contributed by atoms with Crippen LogP contribution in [0.25, 0.3) is 86.2 Å². The largest absolute Gasteiger partial charge is 0.456 e. The lowest BCUT2D eigenvalue weighted by Crippen LogP contribution is -1.92. The highest BCUT2D eigenvalue weighted by molar-refractivity contribution is 6.35. The van der Waals surface area contributed by atoms with Gasteiger partial charge in [0.15, 0.2) is 0 Å². The van der Waals surface area contributed by atoms with E-state index in [0.717, 1.165) is 22.3 Å². The Bertz CT molecular complexity index is 2380. The van der Waals surface area contributed by atoms with E-state index in [9.17, 15) is 0 Å². The summed E-state index contributed by atoms with van der Waals surface area (Å²) in [6, 6.07) is 48.5. The second kappa shape index (κ2) is 7.62. The molecule has 0 fully saturated rings. The van der Waals surface area contributed by atoms with E-state index >= 15 is 0 Å². The summed E-state index contributed by atoms with van der Waals surface area (Å²) < 4.78 is 6.88. The minimum atomic E-state index is 0.885. The van der Waals surface area contributed by atoms with Crippen LogP contribution in [-0.4, -0.2) is 0 Å². The molecule has 0 spiro atoms. The SMILES string of the molecule is c1cc2cccc3c4ccc(Oc5ccc6c7cccc8cccc(c9cccc5c96)c87)c5cccc(c(c1)c23)c54. The van der Waals surface area contributed by atoms with Crippen LogP contribution in [0.3, 0.4) is 0 Å². The zero-order valence-corrected chi connectivity index (χ0v) is 22.1. The van der Waals surface area contributed by atoms with Gasteiger partial charge in [0.1, 0.15) is 11.5 Å². The van der Waals surface area contributed by atoms with Gasteiger partial charge in [-0.15, -0.1) is 0 Å². The molecule has 10 aromatic carbocycles. The van der Waals surface area contributed by atoms with E-state index in [2.05, 4.69) is 133 Å². The molecule has 0 aliphatic heterocycles. The van der Waals surface area contributed by atoms with Crippen molar-refractivity contribution < 1.29 is 4.74 Å². The van der Waals surface area contributed by atoms with Crippen molar-refractivity contribution in [2.75, 3.05) is 0 Å². The molecule has 1 nitrogen and oxygen atoms in total. The summed E-state index contributed by atoms with van der Waals surface area (Å²) >= 11 is 0. The van der Waals surface area contributed by atoms with Crippen LogP contribution >= 0.6 is 0 Å². The fraction of sp³-hybridized carbons (Fsp3) is 0. The molecule has 0 aromatic heterocycles. The van der Waals surface area contributed by atoms with Gasteiger partial charge in [-0.05, 0) is 88.9 Å². The Balaban J connectivity index is 1.26. The lowest BCUT2D eigenvalue weighted by Gasteiger charge is -2.18. The zero-order valence-electron chi connectivity index (χ0n) is 22.1. The van der Waals surface area contributed by atoms with Crippen LogP contribution in [0.1, 0.15) is 0 Å². The van der Waals surface area contributed by atoms with E-state index in [1.807, 2.05) is 0 Å². The average molecular weight is 519 g/mol. The summed E-state index contributed by atoms with van der Waals surface area (Å²) in [4.78, 5) is 0. The Morgan fingerprint density at radius 1 is 0.244 bits per heavy atom. The van der Waals surface area contributed by atoms with E-state index in [-0.39, 0.29) is 0 Å². The van der Waals surface area contributed by atoms with Crippen LogP contribution in [0.2, 0.25) is 0 Å². The summed E-state index contributed by atoms with van der Waals surface area (Å²) in [5.74, 6) is 1.77. The minimum absolute atomic E-state index is 0.885. The molecule has 41 heavy (non-hydrogen) atoms. The van der Waals surface area contributed by atoms with Crippen LogP contribution in [0.15, 0.2) is 133 Å². The first kappa shape index (κ1) is 21.4. The summed E-state index contributed by atoms with van der Waals surface area (Å²) in [6.45, 7) is 0. The first-order chi connectivity index (χ1) is 20.3. The fourth-order valence-electron chi connectivity index (χ4n) is 7.53. The maximum Gasteiger partial charge on any atom is 0.135 e. The maximum atomic E-state index is 6.88. The number of rotatable bonds is 2. The van der Waals surface area contributed by atoms with Gasteiger partial charge in [0.05, 0.1) is 0 Å². The molecule has 10 aromatic rings. The molecule has 0 aliphatic rings. The van der Waals surface area contributed by atoms with Crippen molar-refractivity contribution >= 4 is 86.2 Å². The Labute approximate surface area is 235 Å². The van der Waals surface area contributed by atoms with Gasteiger partial charge in [-0.25, -0.2) is 0 Å². The Hall–Kier alpha value is -5.40. The van der Waals surface area contributed by atoms with Crippen molar-refractivity contribution in [3.63, 3.8) is 0 Å². The highest BCUT2D eigenvalue weighted by Gasteiger charge is 2.18. The van der Waals surface area contributed by atoms with Crippen molar-refractivity contribution in [3.05, 3.63) is 133 Å². The van der Waals surface area contributed by atoms with Crippen LogP contribution in [0.5, 0.6) is 11.5 Å². The van der Waals surface area contributed by atoms with Crippen LogP contribution < -0.4 is 4.74 Å². The molecule has 10 rings (SSSR count). The molecule has 0 radical (unpaired) electrons. The summed E-state index contributed by atoms with van der Waals surface area (Å²) in [6.07, 6.45) is 0. The van der Waals surface area contributed by atoms with E-state index < -0.39 is 0 Å². The third kappa shape index (κ3) is 2.70. The van der Waals surface area contributed by atoms with E-state index in [4.69, 9.17) is 4.74 Å². The van der Waals surface area contributed by atoms with Crippen molar-refractivity contribution in [2.45, 2.75) is 0 Å². The Kier molecular flexibility index (Phi) is 3.98. The predicted molar refractivity (Wildman–Crippen MR) is 175 cm³/mol. The standard InChI is InChI=1S/C40H22O/c1-7-23-9-3-13-27-31-19-21-35(33-17-5-15-29(39(31)33)25(11-1)37(23)27)41-36-22-20-32-28-14-4-10-24-8-2-12-26(38(24)28)30-16-6-18-34(36)40(30)32/h1-22H. The number of hydrogen-bond donors (Lipinski definition) is 0. The average Bonchev–Trinajstić information content (AvgIpc) is 3.03. The quantitative estimate of drug-likeness (QED) is 0.163. The third-order valence-electron chi connectivity index (χ3n) is 9.19. The minimum Gasteiger partial charge on any atom is -0.456 e. The van der Waals surface area contributed by atoms with Gasteiger partial charge in [-0.3, -0.25) is 0 Å². The smallest absolute Gasteiger partial charge is 0.135 e. The predicted octanol–water partition coefficient (Wildman–Crippen LogP) is 11.6. The Morgan fingerprint density at radius 3 is 0.927 bits per heavy atom. The van der Waals surface area contributed by atoms with Crippen molar-refractivity contribution in [1.29, 1.82) is 0 Å². The normalized spacial score (nSPS) is 12.4. The molecule has 0 atom stereocenters. The van der Waals surface area contributed by atoms with Crippen molar-refractivity contribution in [2.24, 2.45) is 0 Å². The topological polar surface area (TPSA) is 9.23 Å². The van der Waals surface area contributed by atoms with Gasteiger partial charge in [0.25, 0.3) is 0 Å². The van der Waals surface area contributed by atoms with E-state index in [1.165, 1.54) is 75.4 Å². The first-order valence-corrected chi connectivity index (χ1v) is 14.2. The number of ether oxygens (including phenoxy) is 1. The third-order valence-corrected chi connectivity index (χ3v) is 9.19. The van der Waals surface area contributed by atoms with Crippen molar-refractivity contribution in [1.82, 2.24) is 0 Å². The van der Waals surface area contributed by atoms with Crippen LogP contribution in [0.4, 0.5) is 0 Å². The number of fused-ring (bicyclic) bond motifs is 4. The maximum absolute atomic E-state index is 6.88. The highest BCUT2D eigenvalue weighted by Crippen LogP contribution is 2.46. The molecule has 0 unspecified atom stereocenters. The Morgan fingerprint density at radius 2 is 0.537 bits per heavy atom. The second-order valence-corrected chi connectivity index (χ2v) is 11.2. The van der Waals surface area contributed by atoms with Crippen LogP contribution in [0, 0.1) is 0 Å². The lowest BCUT2D eigenvalue weighted by molar-refractivity contribution is 0.494. The number of benzene rings is 10. The lowest BCUT2D eigenvalue weighted by atomic mass is 9.89. The van der Waals surface area contributed by atoms with Gasteiger partial charge in [0.2, 0.25) is 0 Å². The van der Waals surface area contributed by atoms with Gasteiger partial charge in [-0.1, -0.05) is 109 Å². The summed E-state index contributed by atoms with van der Waals surface area (Å²) in [5, 5.41) is 20.3. The second-order valence-electron chi connectivity index (χ2n) is 11.2. The molecule has 0 saturated heterocycles. The molecule has 0 saturated carbocycles.